The molecule has 1 fully saturated rings. The first-order chi connectivity index (χ1) is 9.59. The average Bonchev–Trinajstić information content (AvgIpc) is 2.74. The number of fused-ring (bicyclic) bond motifs is 4. The van der Waals surface area contributed by atoms with Crippen molar-refractivity contribution in [3.63, 3.8) is 0 Å². The molecule has 106 valence electrons. The normalized spacial score (nSPS) is 43.0. The Morgan fingerprint density at radius 1 is 1.15 bits per heavy atom. The van der Waals surface area contributed by atoms with Crippen molar-refractivity contribution in [2.75, 3.05) is 0 Å². The first-order valence-electron chi connectivity index (χ1n) is 8.25. The molecule has 4 atom stereocenters. The fourth-order valence-corrected chi connectivity index (χ4v) is 5.26. The molecule has 0 heterocycles. The zero-order chi connectivity index (χ0) is 13.9. The Bertz CT molecular complexity index is 562. The molecule has 0 radical (unpaired) electrons. The van der Waals surface area contributed by atoms with E-state index in [-0.39, 0.29) is 0 Å². The summed E-state index contributed by atoms with van der Waals surface area (Å²) in [6.45, 7) is 4.90. The highest BCUT2D eigenvalue weighted by Gasteiger charge is 2.49. The van der Waals surface area contributed by atoms with Crippen molar-refractivity contribution in [2.45, 2.75) is 52.4 Å². The van der Waals surface area contributed by atoms with Gasteiger partial charge < -0.3 is 0 Å². The number of hydrogen-bond acceptors (Lipinski definition) is 1. The molecule has 0 aromatic rings. The van der Waals surface area contributed by atoms with Crippen LogP contribution in [0, 0.1) is 23.2 Å². The number of hydrogen-bond donors (Lipinski definition) is 0. The van der Waals surface area contributed by atoms with Crippen LogP contribution in [0.3, 0.4) is 0 Å². The number of allylic oxidation sites excluding steroid dienone is 6. The van der Waals surface area contributed by atoms with Gasteiger partial charge in [0.2, 0.25) is 0 Å². The maximum Gasteiger partial charge on any atom is 0.156 e. The number of carbonyl (C=O) groups is 1. The van der Waals surface area contributed by atoms with Crippen molar-refractivity contribution >= 4 is 5.78 Å². The summed E-state index contributed by atoms with van der Waals surface area (Å²) in [4.78, 5) is 11.6. The van der Waals surface area contributed by atoms with Crippen LogP contribution in [-0.2, 0) is 4.79 Å². The standard InChI is InChI=1S/C19H24O/c1-12-3-8-18-17-6-4-13-11-14(20)5-7-15(13)16(17)9-10-19(12,18)2/h9-12,17-18H,3-8H2,1-2H3. The lowest BCUT2D eigenvalue weighted by Crippen LogP contribution is -2.36. The predicted molar refractivity (Wildman–Crippen MR) is 81.2 cm³/mol. The maximum atomic E-state index is 11.6. The lowest BCUT2D eigenvalue weighted by Gasteiger charge is -2.45. The third-order valence-electron chi connectivity index (χ3n) is 6.70. The van der Waals surface area contributed by atoms with E-state index >= 15 is 0 Å². The number of carbonyl (C=O) groups excluding carboxylic acids is 1. The van der Waals surface area contributed by atoms with E-state index in [2.05, 4.69) is 26.0 Å². The number of rotatable bonds is 0. The third kappa shape index (κ3) is 1.58. The average molecular weight is 268 g/mol. The third-order valence-corrected chi connectivity index (χ3v) is 6.70. The Morgan fingerprint density at radius 3 is 2.85 bits per heavy atom. The van der Waals surface area contributed by atoms with E-state index in [1.807, 2.05) is 6.08 Å². The minimum Gasteiger partial charge on any atom is -0.295 e. The van der Waals surface area contributed by atoms with Crippen LogP contribution in [0.2, 0.25) is 0 Å². The zero-order valence-electron chi connectivity index (χ0n) is 12.6. The van der Waals surface area contributed by atoms with Gasteiger partial charge in [0.1, 0.15) is 0 Å². The number of ketones is 1. The molecular weight excluding hydrogens is 244 g/mol. The molecular formula is C19H24O. The summed E-state index contributed by atoms with van der Waals surface area (Å²) in [6, 6.07) is 0. The molecule has 0 aliphatic heterocycles. The highest BCUT2D eigenvalue weighted by molar-refractivity contribution is 5.93. The van der Waals surface area contributed by atoms with Gasteiger partial charge in [-0.2, -0.15) is 0 Å². The molecule has 1 saturated carbocycles. The smallest absolute Gasteiger partial charge is 0.156 e. The van der Waals surface area contributed by atoms with Crippen LogP contribution >= 0.6 is 0 Å². The molecule has 4 aliphatic rings. The van der Waals surface area contributed by atoms with Crippen molar-refractivity contribution < 1.29 is 4.79 Å². The molecule has 4 unspecified atom stereocenters. The maximum absolute atomic E-state index is 11.6. The topological polar surface area (TPSA) is 17.1 Å². The largest absolute Gasteiger partial charge is 0.295 e. The summed E-state index contributed by atoms with van der Waals surface area (Å²) < 4.78 is 0. The van der Waals surface area contributed by atoms with Crippen molar-refractivity contribution in [2.24, 2.45) is 23.2 Å². The van der Waals surface area contributed by atoms with Crippen molar-refractivity contribution in [3.8, 4) is 0 Å². The highest BCUT2D eigenvalue weighted by Crippen LogP contribution is 2.59. The minimum absolute atomic E-state index is 0.335. The second-order valence-electron chi connectivity index (χ2n) is 7.50. The Balaban J connectivity index is 1.82. The molecule has 0 spiro atoms. The van der Waals surface area contributed by atoms with Crippen LogP contribution in [0.25, 0.3) is 0 Å². The fraction of sp³-hybridized carbons (Fsp3) is 0.632. The minimum atomic E-state index is 0.335. The molecule has 0 bridgehead atoms. The van der Waals surface area contributed by atoms with Gasteiger partial charge in [-0.15, -0.1) is 0 Å². The molecule has 0 amide bonds. The molecule has 4 rings (SSSR count). The first kappa shape index (κ1) is 12.6. The second-order valence-corrected chi connectivity index (χ2v) is 7.50. The van der Waals surface area contributed by atoms with Crippen LogP contribution in [-0.4, -0.2) is 5.78 Å². The molecule has 4 aliphatic carbocycles. The Hall–Kier alpha value is -1.11. The summed E-state index contributed by atoms with van der Waals surface area (Å²) in [7, 11) is 0. The zero-order valence-corrected chi connectivity index (χ0v) is 12.6. The molecule has 20 heavy (non-hydrogen) atoms. The molecule has 1 nitrogen and oxygen atoms in total. The first-order valence-corrected chi connectivity index (χ1v) is 8.25. The van der Waals surface area contributed by atoms with E-state index < -0.39 is 0 Å². The van der Waals surface area contributed by atoms with Gasteiger partial charge in [-0.25, -0.2) is 0 Å². The summed E-state index contributed by atoms with van der Waals surface area (Å²) in [5, 5.41) is 0. The van der Waals surface area contributed by atoms with Crippen molar-refractivity contribution in [1.82, 2.24) is 0 Å². The van der Waals surface area contributed by atoms with Gasteiger partial charge in [0.05, 0.1) is 0 Å². The highest BCUT2D eigenvalue weighted by atomic mass is 16.1. The van der Waals surface area contributed by atoms with Gasteiger partial charge in [-0.3, -0.25) is 4.79 Å². The molecule has 0 N–H and O–H groups in total. The van der Waals surface area contributed by atoms with E-state index in [1.54, 1.807) is 5.57 Å². The van der Waals surface area contributed by atoms with Crippen LogP contribution in [0.1, 0.15) is 52.4 Å². The van der Waals surface area contributed by atoms with E-state index in [9.17, 15) is 4.79 Å². The SMILES string of the molecule is CC1CCC2C3CCC4=CC(=O)CCC4=C3C=CC12C. The van der Waals surface area contributed by atoms with E-state index in [4.69, 9.17) is 0 Å². The summed E-state index contributed by atoms with van der Waals surface area (Å²) >= 11 is 0. The van der Waals surface area contributed by atoms with Crippen molar-refractivity contribution in [1.29, 1.82) is 0 Å². The quantitative estimate of drug-likeness (QED) is 0.627. The van der Waals surface area contributed by atoms with Crippen LogP contribution < -0.4 is 0 Å². The van der Waals surface area contributed by atoms with Crippen LogP contribution in [0.5, 0.6) is 0 Å². The lowest BCUT2D eigenvalue weighted by atomic mass is 9.59. The molecule has 1 heteroatoms. The monoisotopic (exact) mass is 268 g/mol. The van der Waals surface area contributed by atoms with Crippen molar-refractivity contribution in [3.05, 3.63) is 34.9 Å². The van der Waals surface area contributed by atoms with Gasteiger partial charge in [0.25, 0.3) is 0 Å². The molecule has 0 saturated heterocycles. The second kappa shape index (κ2) is 4.19. The summed E-state index contributed by atoms with van der Waals surface area (Å²) in [5.41, 5.74) is 4.89. The van der Waals surface area contributed by atoms with Gasteiger partial charge >= 0.3 is 0 Å². The fourth-order valence-electron chi connectivity index (χ4n) is 5.26. The van der Waals surface area contributed by atoms with E-state index in [1.165, 1.54) is 30.4 Å². The Kier molecular flexibility index (Phi) is 2.64. The van der Waals surface area contributed by atoms with Gasteiger partial charge in [0.15, 0.2) is 5.78 Å². The molecule has 0 aromatic heterocycles. The summed E-state index contributed by atoms with van der Waals surface area (Å²) in [5.74, 6) is 2.75. The lowest BCUT2D eigenvalue weighted by molar-refractivity contribution is -0.114. The Labute approximate surface area is 121 Å². The van der Waals surface area contributed by atoms with Crippen LogP contribution in [0.4, 0.5) is 0 Å². The Morgan fingerprint density at radius 2 is 2.00 bits per heavy atom. The summed E-state index contributed by atoms with van der Waals surface area (Å²) in [6.07, 6.45) is 13.7. The van der Waals surface area contributed by atoms with E-state index in [0.717, 1.165) is 37.0 Å². The molecule has 0 aromatic carbocycles. The van der Waals surface area contributed by atoms with Gasteiger partial charge in [0, 0.05) is 6.42 Å². The van der Waals surface area contributed by atoms with Gasteiger partial charge in [-0.1, -0.05) is 26.0 Å². The van der Waals surface area contributed by atoms with Gasteiger partial charge in [-0.05, 0) is 78.1 Å². The van der Waals surface area contributed by atoms with E-state index in [0.29, 0.717) is 11.2 Å². The van der Waals surface area contributed by atoms with Crippen LogP contribution in [0.15, 0.2) is 34.9 Å². The predicted octanol–water partition coefficient (Wildman–Crippen LogP) is 4.60.